The third-order valence-corrected chi connectivity index (χ3v) is 3.86. The highest BCUT2D eigenvalue weighted by Crippen LogP contribution is 2.32. The first-order valence-corrected chi connectivity index (χ1v) is 6.52. The van der Waals surface area contributed by atoms with Gasteiger partial charge in [-0.3, -0.25) is 0 Å². The smallest absolute Gasteiger partial charge is 0.103 e. The summed E-state index contributed by atoms with van der Waals surface area (Å²) in [4.78, 5) is 2.31. The lowest BCUT2D eigenvalue weighted by molar-refractivity contribution is 0.380. The Labute approximate surface area is 111 Å². The number of nitriles is 1. The molecule has 0 bridgehead atoms. The van der Waals surface area contributed by atoms with Gasteiger partial charge in [-0.2, -0.15) is 5.26 Å². The summed E-state index contributed by atoms with van der Waals surface area (Å²) < 4.78 is 0.867. The standard InChI is InChI=1S/C13H16BrN3/c1-13(2)9-16-6-7-17(13)12-5-3-4-11(14)10(12)8-15/h3-5,16H,6-7,9H2,1-2H3. The molecule has 0 unspecified atom stereocenters. The number of hydrogen-bond donors (Lipinski definition) is 1. The third kappa shape index (κ3) is 2.31. The summed E-state index contributed by atoms with van der Waals surface area (Å²) in [5, 5.41) is 12.7. The van der Waals surface area contributed by atoms with Crippen LogP contribution in [0.5, 0.6) is 0 Å². The molecule has 1 heterocycles. The number of piperazine rings is 1. The number of rotatable bonds is 1. The molecule has 90 valence electrons. The molecule has 1 aliphatic heterocycles. The molecule has 1 aliphatic rings. The molecule has 2 rings (SSSR count). The number of nitrogens with zero attached hydrogens (tertiary/aromatic N) is 2. The number of benzene rings is 1. The molecule has 0 spiro atoms. The zero-order chi connectivity index (χ0) is 12.5. The SMILES string of the molecule is CC1(C)CNCCN1c1cccc(Br)c1C#N. The van der Waals surface area contributed by atoms with E-state index in [1.807, 2.05) is 18.2 Å². The minimum atomic E-state index is 0.0324. The van der Waals surface area contributed by atoms with Crippen LogP contribution in [0.4, 0.5) is 5.69 Å². The predicted octanol–water partition coefficient (Wildman–Crippen LogP) is 2.51. The van der Waals surface area contributed by atoms with Gasteiger partial charge in [-0.05, 0) is 41.9 Å². The summed E-state index contributed by atoms with van der Waals surface area (Å²) in [5.74, 6) is 0. The number of nitrogens with one attached hydrogen (secondary N) is 1. The minimum absolute atomic E-state index is 0.0324. The molecule has 0 radical (unpaired) electrons. The van der Waals surface area contributed by atoms with E-state index in [-0.39, 0.29) is 5.54 Å². The average molecular weight is 294 g/mol. The van der Waals surface area contributed by atoms with Crippen LogP contribution in [0.25, 0.3) is 0 Å². The normalized spacial score (nSPS) is 18.8. The summed E-state index contributed by atoms with van der Waals surface area (Å²) in [5.41, 5.74) is 1.78. The second-order valence-electron chi connectivity index (χ2n) is 4.89. The van der Waals surface area contributed by atoms with Crippen LogP contribution in [0.2, 0.25) is 0 Å². The third-order valence-electron chi connectivity index (χ3n) is 3.19. The van der Waals surface area contributed by atoms with E-state index in [0.717, 1.165) is 35.4 Å². The molecule has 1 aromatic rings. The molecule has 1 N–H and O–H groups in total. The van der Waals surface area contributed by atoms with E-state index in [4.69, 9.17) is 0 Å². The van der Waals surface area contributed by atoms with E-state index in [2.05, 4.69) is 46.1 Å². The molecular formula is C13H16BrN3. The van der Waals surface area contributed by atoms with Crippen molar-refractivity contribution in [3.8, 4) is 6.07 Å². The molecule has 0 saturated carbocycles. The van der Waals surface area contributed by atoms with Crippen molar-refractivity contribution in [3.63, 3.8) is 0 Å². The van der Waals surface area contributed by atoms with E-state index in [1.165, 1.54) is 0 Å². The first-order chi connectivity index (χ1) is 8.06. The highest BCUT2D eigenvalue weighted by Gasteiger charge is 2.31. The molecule has 3 nitrogen and oxygen atoms in total. The fourth-order valence-corrected chi connectivity index (χ4v) is 2.72. The lowest BCUT2D eigenvalue weighted by Gasteiger charge is -2.44. The van der Waals surface area contributed by atoms with Gasteiger partial charge in [0.1, 0.15) is 6.07 Å². The highest BCUT2D eigenvalue weighted by atomic mass is 79.9. The Kier molecular flexibility index (Phi) is 3.41. The molecular weight excluding hydrogens is 278 g/mol. The number of anilines is 1. The van der Waals surface area contributed by atoms with Gasteiger partial charge < -0.3 is 10.2 Å². The quantitative estimate of drug-likeness (QED) is 0.865. The molecule has 17 heavy (non-hydrogen) atoms. The van der Waals surface area contributed by atoms with Gasteiger partial charge in [-0.15, -0.1) is 0 Å². The first kappa shape index (κ1) is 12.4. The summed E-state index contributed by atoms with van der Waals surface area (Å²) in [6.07, 6.45) is 0. The molecule has 1 aromatic carbocycles. The molecule has 0 amide bonds. The van der Waals surface area contributed by atoms with Crippen molar-refractivity contribution in [1.82, 2.24) is 5.32 Å². The Bertz CT molecular complexity index is 462. The monoisotopic (exact) mass is 293 g/mol. The van der Waals surface area contributed by atoms with Gasteiger partial charge in [0.15, 0.2) is 0 Å². The largest absolute Gasteiger partial charge is 0.363 e. The van der Waals surface area contributed by atoms with Crippen molar-refractivity contribution in [2.75, 3.05) is 24.5 Å². The van der Waals surface area contributed by atoms with E-state index < -0.39 is 0 Å². The second-order valence-corrected chi connectivity index (χ2v) is 5.74. The number of halogens is 1. The van der Waals surface area contributed by atoms with Crippen LogP contribution in [-0.4, -0.2) is 25.2 Å². The second kappa shape index (κ2) is 4.67. The predicted molar refractivity (Wildman–Crippen MR) is 73.2 cm³/mol. The van der Waals surface area contributed by atoms with Crippen LogP contribution >= 0.6 is 15.9 Å². The summed E-state index contributed by atoms with van der Waals surface area (Å²) in [6.45, 7) is 7.21. The maximum absolute atomic E-state index is 9.28. The maximum atomic E-state index is 9.28. The topological polar surface area (TPSA) is 39.1 Å². The number of hydrogen-bond acceptors (Lipinski definition) is 3. The van der Waals surface area contributed by atoms with Gasteiger partial charge in [0.2, 0.25) is 0 Å². The molecule has 0 atom stereocenters. The molecule has 0 aliphatic carbocycles. The Hall–Kier alpha value is -1.05. The molecule has 0 aromatic heterocycles. The minimum Gasteiger partial charge on any atom is -0.363 e. The Morgan fingerprint density at radius 2 is 2.24 bits per heavy atom. The van der Waals surface area contributed by atoms with Crippen molar-refractivity contribution in [3.05, 3.63) is 28.2 Å². The van der Waals surface area contributed by atoms with Gasteiger partial charge >= 0.3 is 0 Å². The van der Waals surface area contributed by atoms with E-state index >= 15 is 0 Å². The van der Waals surface area contributed by atoms with Gasteiger partial charge in [0.25, 0.3) is 0 Å². The zero-order valence-corrected chi connectivity index (χ0v) is 11.7. The van der Waals surface area contributed by atoms with E-state index in [1.54, 1.807) is 0 Å². The summed E-state index contributed by atoms with van der Waals surface area (Å²) >= 11 is 3.45. The van der Waals surface area contributed by atoms with E-state index in [0.29, 0.717) is 0 Å². The summed E-state index contributed by atoms with van der Waals surface area (Å²) in [7, 11) is 0. The highest BCUT2D eigenvalue weighted by molar-refractivity contribution is 9.10. The maximum Gasteiger partial charge on any atom is 0.103 e. The lowest BCUT2D eigenvalue weighted by atomic mass is 9.98. The van der Waals surface area contributed by atoms with Crippen LogP contribution in [0.3, 0.4) is 0 Å². The molecule has 1 fully saturated rings. The first-order valence-electron chi connectivity index (χ1n) is 5.73. The van der Waals surface area contributed by atoms with E-state index in [9.17, 15) is 5.26 Å². The Balaban J connectivity index is 2.46. The van der Waals surface area contributed by atoms with Crippen LogP contribution in [0.1, 0.15) is 19.4 Å². The van der Waals surface area contributed by atoms with Crippen LogP contribution in [0.15, 0.2) is 22.7 Å². The fraction of sp³-hybridized carbons (Fsp3) is 0.462. The lowest BCUT2D eigenvalue weighted by Crippen LogP contribution is -2.58. The van der Waals surface area contributed by atoms with Crippen LogP contribution in [0, 0.1) is 11.3 Å². The Morgan fingerprint density at radius 3 is 2.88 bits per heavy atom. The Morgan fingerprint density at radius 1 is 1.47 bits per heavy atom. The van der Waals surface area contributed by atoms with Gasteiger partial charge in [0.05, 0.1) is 11.3 Å². The van der Waals surface area contributed by atoms with Gasteiger partial charge in [-0.25, -0.2) is 0 Å². The molecule has 1 saturated heterocycles. The van der Waals surface area contributed by atoms with Gasteiger partial charge in [-0.1, -0.05) is 6.07 Å². The van der Waals surface area contributed by atoms with Crippen molar-refractivity contribution < 1.29 is 0 Å². The van der Waals surface area contributed by atoms with Crippen LogP contribution < -0.4 is 10.2 Å². The zero-order valence-electron chi connectivity index (χ0n) is 10.1. The van der Waals surface area contributed by atoms with Crippen molar-refractivity contribution in [2.24, 2.45) is 0 Å². The fourth-order valence-electron chi connectivity index (χ4n) is 2.28. The van der Waals surface area contributed by atoms with Crippen molar-refractivity contribution >= 4 is 21.6 Å². The molecule has 4 heteroatoms. The van der Waals surface area contributed by atoms with Crippen LogP contribution in [-0.2, 0) is 0 Å². The van der Waals surface area contributed by atoms with Crippen molar-refractivity contribution in [1.29, 1.82) is 5.26 Å². The van der Waals surface area contributed by atoms with Gasteiger partial charge in [0, 0.05) is 29.6 Å². The average Bonchev–Trinajstić information content (AvgIpc) is 2.28. The van der Waals surface area contributed by atoms with Crippen molar-refractivity contribution in [2.45, 2.75) is 19.4 Å². The summed E-state index contributed by atoms with van der Waals surface area (Å²) in [6, 6.07) is 8.21.